The molecule has 3 rings (SSSR count). The SMILES string of the molecule is COC(=O)[C@H]1OC2(CCCC2)O[C@@H]1Cc1ccccc1Cl. The standard InChI is InChI=1S/C16H19ClO4/c1-19-15(18)14-13(10-11-6-2-3-7-12(11)17)20-16(21-14)8-4-5-9-16/h2-3,6-7,13-14H,4-5,8-10H2,1H3/t13-,14+/m1/s1. The van der Waals surface area contributed by atoms with Crippen LogP contribution in [0.3, 0.4) is 0 Å². The molecule has 1 aliphatic carbocycles. The van der Waals surface area contributed by atoms with Crippen molar-refractivity contribution in [3.8, 4) is 0 Å². The van der Waals surface area contributed by atoms with E-state index < -0.39 is 11.9 Å². The zero-order valence-corrected chi connectivity index (χ0v) is 12.8. The zero-order chi connectivity index (χ0) is 14.9. The van der Waals surface area contributed by atoms with Gasteiger partial charge in [-0.15, -0.1) is 0 Å². The van der Waals surface area contributed by atoms with Crippen molar-refractivity contribution < 1.29 is 19.0 Å². The number of ether oxygens (including phenoxy) is 3. The van der Waals surface area contributed by atoms with Gasteiger partial charge in [0.2, 0.25) is 0 Å². The highest BCUT2D eigenvalue weighted by Gasteiger charge is 2.52. The molecule has 2 atom stereocenters. The van der Waals surface area contributed by atoms with Crippen LogP contribution in [0, 0.1) is 0 Å². The van der Waals surface area contributed by atoms with Gasteiger partial charge in [-0.1, -0.05) is 29.8 Å². The molecule has 2 fully saturated rings. The summed E-state index contributed by atoms with van der Waals surface area (Å²) in [6.07, 6.45) is 3.31. The molecule has 1 spiro atoms. The van der Waals surface area contributed by atoms with E-state index in [0.717, 1.165) is 31.2 Å². The van der Waals surface area contributed by atoms with Gasteiger partial charge >= 0.3 is 5.97 Å². The fourth-order valence-electron chi connectivity index (χ4n) is 3.17. The Hall–Kier alpha value is -1.10. The molecule has 21 heavy (non-hydrogen) atoms. The number of hydrogen-bond donors (Lipinski definition) is 0. The monoisotopic (exact) mass is 310 g/mol. The van der Waals surface area contributed by atoms with E-state index in [1.165, 1.54) is 7.11 Å². The van der Waals surface area contributed by atoms with E-state index in [1.54, 1.807) is 0 Å². The van der Waals surface area contributed by atoms with Crippen molar-refractivity contribution in [2.75, 3.05) is 7.11 Å². The van der Waals surface area contributed by atoms with Crippen LogP contribution in [0.4, 0.5) is 0 Å². The highest BCUT2D eigenvalue weighted by atomic mass is 35.5. The van der Waals surface area contributed by atoms with Crippen molar-refractivity contribution in [3.05, 3.63) is 34.9 Å². The normalized spacial score (nSPS) is 27.1. The lowest BCUT2D eigenvalue weighted by Gasteiger charge is -2.21. The van der Waals surface area contributed by atoms with Crippen LogP contribution >= 0.6 is 11.6 Å². The first-order chi connectivity index (χ1) is 10.1. The number of hydrogen-bond acceptors (Lipinski definition) is 4. The fraction of sp³-hybridized carbons (Fsp3) is 0.562. The Labute approximate surface area is 129 Å². The summed E-state index contributed by atoms with van der Waals surface area (Å²) in [5.41, 5.74) is 0.955. The number of esters is 1. The van der Waals surface area contributed by atoms with E-state index in [9.17, 15) is 4.79 Å². The summed E-state index contributed by atoms with van der Waals surface area (Å²) in [7, 11) is 1.37. The maximum atomic E-state index is 12.0. The predicted molar refractivity (Wildman–Crippen MR) is 78.1 cm³/mol. The third-order valence-electron chi connectivity index (χ3n) is 4.22. The van der Waals surface area contributed by atoms with Gasteiger partial charge in [0.1, 0.15) is 6.10 Å². The molecule has 1 aromatic carbocycles. The molecule has 114 valence electrons. The molecular formula is C16H19ClO4. The minimum absolute atomic E-state index is 0.351. The van der Waals surface area contributed by atoms with Gasteiger partial charge in [-0.25, -0.2) is 4.79 Å². The molecule has 1 saturated carbocycles. The largest absolute Gasteiger partial charge is 0.467 e. The van der Waals surface area contributed by atoms with E-state index in [2.05, 4.69) is 0 Å². The lowest BCUT2D eigenvalue weighted by Crippen LogP contribution is -2.34. The van der Waals surface area contributed by atoms with Crippen molar-refractivity contribution in [2.45, 2.75) is 50.1 Å². The molecule has 1 saturated heterocycles. The van der Waals surface area contributed by atoms with Crippen molar-refractivity contribution in [1.82, 2.24) is 0 Å². The molecule has 1 aliphatic heterocycles. The number of methoxy groups -OCH3 is 1. The molecule has 5 heteroatoms. The number of rotatable bonds is 3. The highest BCUT2D eigenvalue weighted by molar-refractivity contribution is 6.31. The number of halogens is 1. The van der Waals surface area contributed by atoms with E-state index >= 15 is 0 Å². The fourth-order valence-corrected chi connectivity index (χ4v) is 3.38. The number of benzene rings is 1. The first-order valence-electron chi connectivity index (χ1n) is 7.30. The molecule has 1 heterocycles. The minimum atomic E-state index is -0.677. The second kappa shape index (κ2) is 5.95. The third-order valence-corrected chi connectivity index (χ3v) is 4.59. The van der Waals surface area contributed by atoms with E-state index in [-0.39, 0.29) is 12.1 Å². The first kappa shape index (κ1) is 14.8. The quantitative estimate of drug-likeness (QED) is 0.805. The molecular weight excluding hydrogens is 292 g/mol. The van der Waals surface area contributed by atoms with Crippen LogP contribution < -0.4 is 0 Å². The lowest BCUT2D eigenvalue weighted by atomic mass is 10.0. The van der Waals surface area contributed by atoms with Crippen LogP contribution in [0.1, 0.15) is 31.2 Å². The minimum Gasteiger partial charge on any atom is -0.467 e. The summed E-state index contributed by atoms with van der Waals surface area (Å²) < 4.78 is 16.9. The van der Waals surface area contributed by atoms with E-state index in [0.29, 0.717) is 11.4 Å². The maximum Gasteiger partial charge on any atom is 0.337 e. The second-order valence-corrected chi connectivity index (χ2v) is 6.04. The Kier molecular flexibility index (Phi) is 4.20. The molecule has 0 aromatic heterocycles. The van der Waals surface area contributed by atoms with Gasteiger partial charge < -0.3 is 14.2 Å². The van der Waals surface area contributed by atoms with Crippen LogP contribution in [0.2, 0.25) is 5.02 Å². The summed E-state index contributed by atoms with van der Waals surface area (Å²) in [5.74, 6) is -0.985. The average Bonchev–Trinajstić information content (AvgIpc) is 3.08. The molecule has 2 aliphatic rings. The highest BCUT2D eigenvalue weighted by Crippen LogP contribution is 2.43. The number of carbonyl (C=O) groups is 1. The summed E-state index contributed by atoms with van der Waals surface area (Å²) in [6.45, 7) is 0. The van der Waals surface area contributed by atoms with Crippen LogP contribution in [-0.2, 0) is 25.4 Å². The van der Waals surface area contributed by atoms with Gasteiger partial charge in [0.05, 0.1) is 7.11 Å². The van der Waals surface area contributed by atoms with Gasteiger partial charge in [-0.05, 0) is 24.5 Å². The smallest absolute Gasteiger partial charge is 0.337 e. The van der Waals surface area contributed by atoms with Crippen molar-refractivity contribution in [2.24, 2.45) is 0 Å². The van der Waals surface area contributed by atoms with Gasteiger partial charge in [0.25, 0.3) is 0 Å². The van der Waals surface area contributed by atoms with Crippen molar-refractivity contribution in [3.63, 3.8) is 0 Å². The average molecular weight is 311 g/mol. The van der Waals surface area contributed by atoms with Gasteiger partial charge in [-0.2, -0.15) is 0 Å². The Morgan fingerprint density at radius 3 is 2.71 bits per heavy atom. The van der Waals surface area contributed by atoms with Gasteiger partial charge in [-0.3, -0.25) is 0 Å². The van der Waals surface area contributed by atoms with Crippen LogP contribution in [0.5, 0.6) is 0 Å². The second-order valence-electron chi connectivity index (χ2n) is 5.63. The molecule has 0 radical (unpaired) electrons. The Morgan fingerprint density at radius 1 is 1.33 bits per heavy atom. The van der Waals surface area contributed by atoms with Gasteiger partial charge in [0, 0.05) is 24.3 Å². The van der Waals surface area contributed by atoms with Crippen molar-refractivity contribution >= 4 is 17.6 Å². The van der Waals surface area contributed by atoms with Crippen LogP contribution in [0.25, 0.3) is 0 Å². The Morgan fingerprint density at radius 2 is 2.05 bits per heavy atom. The molecule has 4 nitrogen and oxygen atoms in total. The lowest BCUT2D eigenvalue weighted by molar-refractivity contribution is -0.180. The van der Waals surface area contributed by atoms with Gasteiger partial charge in [0.15, 0.2) is 11.9 Å². The molecule has 0 N–H and O–H groups in total. The summed E-state index contributed by atoms with van der Waals surface area (Å²) >= 11 is 6.20. The maximum absolute atomic E-state index is 12.0. The third kappa shape index (κ3) is 2.93. The Bertz CT molecular complexity index is 525. The molecule has 1 aromatic rings. The predicted octanol–water partition coefficient (Wildman–Crippen LogP) is 3.11. The Balaban J connectivity index is 1.81. The van der Waals surface area contributed by atoms with Crippen LogP contribution in [0.15, 0.2) is 24.3 Å². The topological polar surface area (TPSA) is 44.8 Å². The summed E-state index contributed by atoms with van der Waals surface area (Å²) in [4.78, 5) is 12.0. The number of carbonyl (C=O) groups excluding carboxylic acids is 1. The molecule has 0 amide bonds. The molecule has 0 bridgehead atoms. The summed E-state index contributed by atoms with van der Waals surface area (Å²) in [6, 6.07) is 7.59. The van der Waals surface area contributed by atoms with E-state index in [4.69, 9.17) is 25.8 Å². The molecule has 0 unspecified atom stereocenters. The summed E-state index contributed by atoms with van der Waals surface area (Å²) in [5, 5.41) is 0.678. The van der Waals surface area contributed by atoms with Crippen molar-refractivity contribution in [1.29, 1.82) is 0 Å². The zero-order valence-electron chi connectivity index (χ0n) is 12.0. The van der Waals surface area contributed by atoms with Crippen LogP contribution in [-0.4, -0.2) is 31.1 Å². The first-order valence-corrected chi connectivity index (χ1v) is 7.68. The van der Waals surface area contributed by atoms with E-state index in [1.807, 2.05) is 24.3 Å².